The van der Waals surface area contributed by atoms with Crippen LogP contribution < -0.4 is 32.7 Å². The van der Waals surface area contributed by atoms with Gasteiger partial charge in [-0.2, -0.15) is 0 Å². The number of carbonyl (C=O) groups excluding carboxylic acids is 2. The van der Waals surface area contributed by atoms with Gasteiger partial charge < -0.3 is 41.6 Å². The Balaban J connectivity index is 5.12. The third kappa shape index (κ3) is 20.8. The quantitative estimate of drug-likeness (QED) is 0.0552. The molecule has 0 spiro atoms. The van der Waals surface area contributed by atoms with Crippen LogP contribution in [0, 0.1) is 17.8 Å². The summed E-state index contributed by atoms with van der Waals surface area (Å²) in [5, 5.41) is 13.6. The maximum Gasteiger partial charge on any atom is 0.239 e. The van der Waals surface area contributed by atoms with Crippen molar-refractivity contribution in [2.75, 3.05) is 19.8 Å². The zero-order valence-corrected chi connectivity index (χ0v) is 39.9. The minimum absolute atomic E-state index is 0.0419. The van der Waals surface area contributed by atoms with Crippen LogP contribution in [0.25, 0.3) is 0 Å². The van der Waals surface area contributed by atoms with Crippen molar-refractivity contribution in [3.05, 3.63) is 0 Å². The van der Waals surface area contributed by atoms with Gasteiger partial charge in [0.2, 0.25) is 11.8 Å². The Labute approximate surface area is 339 Å². The highest BCUT2D eigenvalue weighted by molar-refractivity contribution is 5.86. The molecule has 0 aromatic rings. The smallest absolute Gasteiger partial charge is 0.239 e. The van der Waals surface area contributed by atoms with E-state index < -0.39 is 27.8 Å². The highest BCUT2D eigenvalue weighted by Gasteiger charge is 2.39. The highest BCUT2D eigenvalue weighted by atomic mass is 16.5. The van der Waals surface area contributed by atoms with Crippen LogP contribution in [-0.2, 0) is 23.8 Å². The van der Waals surface area contributed by atoms with Gasteiger partial charge in [-0.25, -0.2) is 0 Å². The Morgan fingerprint density at radius 3 is 1.09 bits per heavy atom. The lowest BCUT2D eigenvalue weighted by molar-refractivity contribution is -0.130. The van der Waals surface area contributed by atoms with Gasteiger partial charge in [-0.05, 0) is 169 Å². The molecule has 55 heavy (non-hydrogen) atoms. The molecule has 6 atom stereocenters. The molecule has 0 radical (unpaired) electrons. The topological polar surface area (TPSA) is 162 Å². The second kappa shape index (κ2) is 20.1. The van der Waals surface area contributed by atoms with Crippen molar-refractivity contribution >= 4 is 11.8 Å². The Bertz CT molecular complexity index is 1180. The fourth-order valence-corrected chi connectivity index (χ4v) is 6.71. The fraction of sp³-hybridized carbons (Fsp3) is 0.955. The molecule has 8 N–H and O–H groups in total. The molecule has 0 fully saturated rings. The van der Waals surface area contributed by atoms with E-state index in [0.29, 0.717) is 32.7 Å². The number of hydrogen-bond donors (Lipinski definition) is 6. The summed E-state index contributed by atoms with van der Waals surface area (Å²) in [6.45, 7) is 46.4. The van der Waals surface area contributed by atoms with Gasteiger partial charge in [-0.3, -0.25) is 14.9 Å². The molecule has 6 unspecified atom stereocenters. The van der Waals surface area contributed by atoms with E-state index >= 15 is 0 Å². The molecule has 2 amide bonds. The van der Waals surface area contributed by atoms with Crippen LogP contribution in [-0.4, -0.2) is 94.3 Å². The van der Waals surface area contributed by atoms with Crippen molar-refractivity contribution in [3.8, 4) is 0 Å². The number of nitrogens with two attached hydrogens (primary N) is 2. The Morgan fingerprint density at radius 1 is 0.473 bits per heavy atom. The molecule has 0 aromatic carbocycles. The largest absolute Gasteiger partial charge is 0.375 e. The minimum Gasteiger partial charge on any atom is -0.375 e. The predicted molar refractivity (Wildman–Crippen MR) is 231 cm³/mol. The number of amides is 2. The Morgan fingerprint density at radius 2 is 0.764 bits per heavy atom. The van der Waals surface area contributed by atoms with Gasteiger partial charge in [0.15, 0.2) is 0 Å². The summed E-state index contributed by atoms with van der Waals surface area (Å²) < 4.78 is 19.0. The van der Waals surface area contributed by atoms with Crippen LogP contribution in [0.2, 0.25) is 0 Å². The molecule has 11 nitrogen and oxygen atoms in total. The summed E-state index contributed by atoms with van der Waals surface area (Å²) >= 11 is 0. The number of carbonyl (C=O) groups is 2. The highest BCUT2D eigenvalue weighted by Crippen LogP contribution is 2.27. The second-order valence-corrected chi connectivity index (χ2v) is 22.1. The number of hydrogen-bond acceptors (Lipinski definition) is 9. The lowest BCUT2D eigenvalue weighted by Crippen LogP contribution is -2.63. The maximum atomic E-state index is 13.5. The molecule has 0 aliphatic carbocycles. The zero-order chi connectivity index (χ0) is 43.8. The monoisotopic (exact) mass is 785 g/mol. The molecule has 0 aliphatic rings. The molecule has 0 rings (SSSR count). The van der Waals surface area contributed by atoms with Crippen molar-refractivity contribution < 1.29 is 23.8 Å². The molecule has 0 saturated carbocycles. The minimum atomic E-state index is -0.829. The van der Waals surface area contributed by atoms with E-state index in [9.17, 15) is 9.59 Å². The van der Waals surface area contributed by atoms with Gasteiger partial charge in [0.05, 0.1) is 47.7 Å². The van der Waals surface area contributed by atoms with E-state index in [4.69, 9.17) is 25.7 Å². The average molecular weight is 785 g/mol. The van der Waals surface area contributed by atoms with Crippen LogP contribution in [0.1, 0.15) is 172 Å². The number of nitrogens with one attached hydrogen (secondary N) is 4. The lowest BCUT2D eigenvalue weighted by Gasteiger charge is -2.42. The average Bonchev–Trinajstić information content (AvgIpc) is 2.94. The molecule has 11 heteroatoms. The van der Waals surface area contributed by atoms with Crippen molar-refractivity contribution in [2.45, 2.75) is 234 Å². The van der Waals surface area contributed by atoms with Gasteiger partial charge in [-0.15, -0.1) is 0 Å². The van der Waals surface area contributed by atoms with Crippen molar-refractivity contribution in [2.24, 2.45) is 29.2 Å². The number of rotatable bonds is 26. The molecule has 328 valence electrons. The predicted octanol–water partition coefficient (Wildman–Crippen LogP) is 6.84. The SMILES string of the molecule is CC(CC(C)(C)OCC(C)C(C)(C)NC(C)(C)C(=O)NC(C)CC(C)(C)OCC(C)C(C)(C)N)NC(=O)C(C)(C)NC(C)CC(C)(C)OCC(C)C(C)(C)N. The van der Waals surface area contributed by atoms with E-state index in [0.717, 1.165) is 6.42 Å². The van der Waals surface area contributed by atoms with Crippen LogP contribution in [0.4, 0.5) is 0 Å². The molecule has 0 bridgehead atoms. The van der Waals surface area contributed by atoms with Crippen LogP contribution >= 0.6 is 0 Å². The van der Waals surface area contributed by atoms with E-state index in [1.807, 2.05) is 69.2 Å². The van der Waals surface area contributed by atoms with Crippen molar-refractivity contribution in [3.63, 3.8) is 0 Å². The van der Waals surface area contributed by atoms with Crippen LogP contribution in [0.3, 0.4) is 0 Å². The van der Waals surface area contributed by atoms with Gasteiger partial charge in [0.1, 0.15) is 0 Å². The lowest BCUT2D eigenvalue weighted by atomic mass is 9.85. The molecule has 0 saturated heterocycles. The summed E-state index contributed by atoms with van der Waals surface area (Å²) in [6.07, 6.45) is 2.05. The maximum absolute atomic E-state index is 13.5. The second-order valence-electron chi connectivity index (χ2n) is 22.1. The van der Waals surface area contributed by atoms with Crippen molar-refractivity contribution in [1.82, 2.24) is 21.3 Å². The van der Waals surface area contributed by atoms with Gasteiger partial charge >= 0.3 is 0 Å². The Hall–Kier alpha value is -1.34. The standard InChI is InChI=1S/C44H92N6O5/c1-29(40(13,14)45)26-53-37(7,8)24-33(5)48-36(52)44(21,22)50-42(17,18)31(3)28-55-38(9,10)23-32(4)47-35(51)43(19,20)49-34(6)25-39(11,12)54-27-30(2)41(15,16)46/h29-34,49-50H,23-28,45-46H2,1-22H3,(H,47,51)(H,48,52). The Kier molecular flexibility index (Phi) is 19.6. The summed E-state index contributed by atoms with van der Waals surface area (Å²) in [5.74, 6) is 0.363. The van der Waals surface area contributed by atoms with Crippen LogP contribution in [0.15, 0.2) is 0 Å². The molecule has 0 aromatic heterocycles. The molecular formula is C44H92N6O5. The summed E-state index contributed by atoms with van der Waals surface area (Å²) in [7, 11) is 0. The van der Waals surface area contributed by atoms with E-state index in [1.165, 1.54) is 0 Å². The third-order valence-corrected chi connectivity index (χ3v) is 11.5. The third-order valence-electron chi connectivity index (χ3n) is 11.5. The first kappa shape index (κ1) is 53.7. The van der Waals surface area contributed by atoms with E-state index in [-0.39, 0.29) is 64.4 Å². The number of ether oxygens (including phenoxy) is 3. The van der Waals surface area contributed by atoms with E-state index in [2.05, 4.69) is 104 Å². The van der Waals surface area contributed by atoms with Gasteiger partial charge in [0.25, 0.3) is 0 Å². The molecule has 0 aliphatic heterocycles. The summed E-state index contributed by atoms with van der Waals surface area (Å²) in [6, 6.07) is -0.158. The van der Waals surface area contributed by atoms with Gasteiger partial charge in [0, 0.05) is 34.7 Å². The first-order chi connectivity index (χ1) is 24.2. The van der Waals surface area contributed by atoms with Crippen LogP contribution in [0.5, 0.6) is 0 Å². The molecule has 0 heterocycles. The fourth-order valence-electron chi connectivity index (χ4n) is 6.71. The first-order valence-electron chi connectivity index (χ1n) is 20.9. The summed E-state index contributed by atoms with van der Waals surface area (Å²) in [4.78, 5) is 27.0. The normalized spacial score (nSPS) is 17.6. The van der Waals surface area contributed by atoms with E-state index in [1.54, 1.807) is 0 Å². The first-order valence-corrected chi connectivity index (χ1v) is 20.9. The molecular weight excluding hydrogens is 693 g/mol. The van der Waals surface area contributed by atoms with Crippen molar-refractivity contribution in [1.29, 1.82) is 0 Å². The summed E-state index contributed by atoms with van der Waals surface area (Å²) in [5.41, 5.74) is 8.57. The van der Waals surface area contributed by atoms with Gasteiger partial charge in [-0.1, -0.05) is 20.8 Å². The zero-order valence-electron chi connectivity index (χ0n) is 39.9.